The van der Waals surface area contributed by atoms with Crippen LogP contribution in [0.15, 0.2) is 12.1 Å². The summed E-state index contributed by atoms with van der Waals surface area (Å²) in [6, 6.07) is 2.44. The standard InChI is InChI=1S/C13H16F2N2O4/c1-9-10(8-16-2-4-20-5-3-16)6-11(17(18)19)7-12(9)21-13(14)15/h6-7,13H,2-5,8H2,1H3. The van der Waals surface area contributed by atoms with E-state index >= 15 is 0 Å². The van der Waals surface area contributed by atoms with Crippen molar-refractivity contribution in [3.63, 3.8) is 0 Å². The normalized spacial score (nSPS) is 16.2. The highest BCUT2D eigenvalue weighted by Crippen LogP contribution is 2.30. The third-order valence-corrected chi connectivity index (χ3v) is 3.38. The lowest BCUT2D eigenvalue weighted by atomic mass is 10.1. The first kappa shape index (κ1) is 15.6. The van der Waals surface area contributed by atoms with Crippen LogP contribution in [0.5, 0.6) is 5.75 Å². The zero-order valence-corrected chi connectivity index (χ0v) is 11.6. The van der Waals surface area contributed by atoms with Crippen LogP contribution in [0, 0.1) is 17.0 Å². The topological polar surface area (TPSA) is 64.8 Å². The molecule has 0 spiro atoms. The Bertz CT molecular complexity index is 519. The number of non-ortho nitro benzene ring substituents is 1. The van der Waals surface area contributed by atoms with Crippen molar-refractivity contribution in [1.29, 1.82) is 0 Å². The number of nitro groups is 1. The molecule has 0 saturated carbocycles. The molecule has 0 aromatic heterocycles. The van der Waals surface area contributed by atoms with Gasteiger partial charge in [-0.05, 0) is 18.1 Å². The molecule has 8 heteroatoms. The summed E-state index contributed by atoms with van der Waals surface area (Å²) in [7, 11) is 0. The molecule has 0 radical (unpaired) electrons. The molecule has 1 aliphatic rings. The SMILES string of the molecule is Cc1c(CN2CCOCC2)cc([N+](=O)[O-])cc1OC(F)F. The maximum Gasteiger partial charge on any atom is 0.387 e. The van der Waals surface area contributed by atoms with Crippen LogP contribution in [-0.2, 0) is 11.3 Å². The summed E-state index contributed by atoms with van der Waals surface area (Å²) in [6.45, 7) is 1.64. The molecule has 0 unspecified atom stereocenters. The molecule has 1 aromatic carbocycles. The molecule has 0 atom stereocenters. The summed E-state index contributed by atoms with van der Waals surface area (Å²) in [4.78, 5) is 12.4. The fraction of sp³-hybridized carbons (Fsp3) is 0.538. The van der Waals surface area contributed by atoms with E-state index < -0.39 is 11.5 Å². The summed E-state index contributed by atoms with van der Waals surface area (Å²) in [5, 5.41) is 10.9. The van der Waals surface area contributed by atoms with E-state index in [0.717, 1.165) is 6.07 Å². The lowest BCUT2D eigenvalue weighted by Gasteiger charge is -2.27. The van der Waals surface area contributed by atoms with Gasteiger partial charge in [-0.15, -0.1) is 0 Å². The molecule has 1 aromatic rings. The molecule has 2 rings (SSSR count). The molecule has 1 aliphatic heterocycles. The van der Waals surface area contributed by atoms with Gasteiger partial charge >= 0.3 is 6.61 Å². The van der Waals surface area contributed by atoms with Crippen molar-refractivity contribution in [3.8, 4) is 5.75 Å². The van der Waals surface area contributed by atoms with Gasteiger partial charge in [-0.25, -0.2) is 0 Å². The van der Waals surface area contributed by atoms with Crippen LogP contribution < -0.4 is 4.74 Å². The smallest absolute Gasteiger partial charge is 0.387 e. The van der Waals surface area contributed by atoms with Gasteiger partial charge in [0.15, 0.2) is 0 Å². The van der Waals surface area contributed by atoms with Gasteiger partial charge in [0.05, 0.1) is 24.2 Å². The zero-order valence-electron chi connectivity index (χ0n) is 11.6. The Morgan fingerprint density at radius 3 is 2.67 bits per heavy atom. The van der Waals surface area contributed by atoms with Gasteiger partial charge in [0, 0.05) is 25.7 Å². The van der Waals surface area contributed by atoms with Crippen molar-refractivity contribution in [3.05, 3.63) is 33.4 Å². The van der Waals surface area contributed by atoms with Crippen molar-refractivity contribution in [2.45, 2.75) is 20.1 Å². The molecule has 0 bridgehead atoms. The number of morpholine rings is 1. The van der Waals surface area contributed by atoms with E-state index in [1.165, 1.54) is 6.07 Å². The van der Waals surface area contributed by atoms with Gasteiger partial charge in [0.1, 0.15) is 5.75 Å². The Morgan fingerprint density at radius 1 is 1.43 bits per heavy atom. The van der Waals surface area contributed by atoms with Crippen LogP contribution >= 0.6 is 0 Å². The predicted octanol–water partition coefficient (Wildman–Crippen LogP) is 2.34. The fourth-order valence-corrected chi connectivity index (χ4v) is 2.22. The maximum atomic E-state index is 12.4. The lowest BCUT2D eigenvalue weighted by molar-refractivity contribution is -0.385. The van der Waals surface area contributed by atoms with Gasteiger partial charge in [0.2, 0.25) is 0 Å². The number of halogens is 2. The zero-order chi connectivity index (χ0) is 15.4. The van der Waals surface area contributed by atoms with E-state index in [4.69, 9.17) is 4.74 Å². The number of nitro benzene ring substituents is 1. The Kier molecular flexibility index (Phi) is 5.03. The summed E-state index contributed by atoms with van der Waals surface area (Å²) >= 11 is 0. The molecule has 116 valence electrons. The Morgan fingerprint density at radius 2 is 2.10 bits per heavy atom. The molecule has 1 heterocycles. The summed E-state index contributed by atoms with van der Waals surface area (Å²) in [5.41, 5.74) is 0.855. The van der Waals surface area contributed by atoms with Crippen molar-refractivity contribution < 1.29 is 23.2 Å². The van der Waals surface area contributed by atoms with Crippen LogP contribution in [0.4, 0.5) is 14.5 Å². The number of benzene rings is 1. The number of nitrogens with zero attached hydrogens (tertiary/aromatic N) is 2. The first-order valence-corrected chi connectivity index (χ1v) is 6.50. The average Bonchev–Trinajstić information content (AvgIpc) is 2.43. The molecule has 6 nitrogen and oxygen atoms in total. The fourth-order valence-electron chi connectivity index (χ4n) is 2.22. The predicted molar refractivity (Wildman–Crippen MR) is 70.6 cm³/mol. The Hall–Kier alpha value is -1.80. The van der Waals surface area contributed by atoms with Crippen LogP contribution in [0.1, 0.15) is 11.1 Å². The molecule has 1 saturated heterocycles. The van der Waals surface area contributed by atoms with Crippen molar-refractivity contribution >= 4 is 5.69 Å². The van der Waals surface area contributed by atoms with Gasteiger partial charge < -0.3 is 9.47 Å². The van der Waals surface area contributed by atoms with E-state index in [1.807, 2.05) is 0 Å². The molecule has 0 amide bonds. The van der Waals surface area contributed by atoms with Crippen molar-refractivity contribution in [2.75, 3.05) is 26.3 Å². The van der Waals surface area contributed by atoms with E-state index in [-0.39, 0.29) is 11.4 Å². The number of hydrogen-bond donors (Lipinski definition) is 0. The van der Waals surface area contributed by atoms with Gasteiger partial charge in [-0.1, -0.05) is 0 Å². The molecule has 0 N–H and O–H groups in total. The van der Waals surface area contributed by atoms with Crippen LogP contribution in [0.3, 0.4) is 0 Å². The Labute approximate surface area is 120 Å². The molecule has 21 heavy (non-hydrogen) atoms. The van der Waals surface area contributed by atoms with E-state index in [0.29, 0.717) is 44.0 Å². The minimum Gasteiger partial charge on any atom is -0.434 e. The molecular weight excluding hydrogens is 286 g/mol. The summed E-state index contributed by atoms with van der Waals surface area (Å²) in [6.07, 6.45) is 0. The first-order chi connectivity index (χ1) is 9.97. The van der Waals surface area contributed by atoms with Crippen molar-refractivity contribution in [2.24, 2.45) is 0 Å². The largest absolute Gasteiger partial charge is 0.434 e. The summed E-state index contributed by atoms with van der Waals surface area (Å²) in [5.74, 6) is -0.151. The van der Waals surface area contributed by atoms with Crippen LogP contribution in [-0.4, -0.2) is 42.7 Å². The monoisotopic (exact) mass is 302 g/mol. The number of ether oxygens (including phenoxy) is 2. The Balaban J connectivity index is 2.28. The molecule has 0 aliphatic carbocycles. The van der Waals surface area contributed by atoms with E-state index in [2.05, 4.69) is 9.64 Å². The van der Waals surface area contributed by atoms with E-state index in [1.54, 1.807) is 6.92 Å². The van der Waals surface area contributed by atoms with E-state index in [9.17, 15) is 18.9 Å². The van der Waals surface area contributed by atoms with Crippen LogP contribution in [0.25, 0.3) is 0 Å². The molecule has 1 fully saturated rings. The minimum absolute atomic E-state index is 0.151. The van der Waals surface area contributed by atoms with Crippen molar-refractivity contribution in [1.82, 2.24) is 4.90 Å². The average molecular weight is 302 g/mol. The first-order valence-electron chi connectivity index (χ1n) is 6.50. The highest BCUT2D eigenvalue weighted by molar-refractivity contribution is 5.49. The van der Waals surface area contributed by atoms with Gasteiger partial charge in [-0.3, -0.25) is 15.0 Å². The number of hydrogen-bond acceptors (Lipinski definition) is 5. The van der Waals surface area contributed by atoms with Gasteiger partial charge in [0.25, 0.3) is 5.69 Å². The minimum atomic E-state index is -3.01. The van der Waals surface area contributed by atoms with Crippen LogP contribution in [0.2, 0.25) is 0 Å². The maximum absolute atomic E-state index is 12.4. The number of rotatable bonds is 5. The lowest BCUT2D eigenvalue weighted by Crippen LogP contribution is -2.35. The third-order valence-electron chi connectivity index (χ3n) is 3.38. The number of alkyl halides is 2. The second-order valence-corrected chi connectivity index (χ2v) is 4.75. The highest BCUT2D eigenvalue weighted by atomic mass is 19.3. The van der Waals surface area contributed by atoms with Gasteiger partial charge in [-0.2, -0.15) is 8.78 Å². The summed E-state index contributed by atoms with van der Waals surface area (Å²) < 4.78 is 34.4. The third kappa shape index (κ3) is 4.08. The quantitative estimate of drug-likeness (QED) is 0.617. The second-order valence-electron chi connectivity index (χ2n) is 4.75. The highest BCUT2D eigenvalue weighted by Gasteiger charge is 2.20. The molecular formula is C13H16F2N2O4. The second kappa shape index (κ2) is 6.77.